The number of carbonyl (C=O) groups is 1. The number of halogens is 1. The van der Waals surface area contributed by atoms with Gasteiger partial charge in [0.25, 0.3) is 5.91 Å². The van der Waals surface area contributed by atoms with Crippen LogP contribution in [-0.2, 0) is 0 Å². The first kappa shape index (κ1) is 17.9. The summed E-state index contributed by atoms with van der Waals surface area (Å²) in [4.78, 5) is 21.6. The molecule has 0 saturated heterocycles. The smallest absolute Gasteiger partial charge is 0.262 e. The van der Waals surface area contributed by atoms with Crippen molar-refractivity contribution in [1.82, 2.24) is 4.98 Å². The fraction of sp³-hybridized carbons (Fsp3) is 0.0455. The predicted octanol–water partition coefficient (Wildman–Crippen LogP) is 5.27. The third kappa shape index (κ3) is 3.66. The zero-order chi connectivity index (χ0) is 19.5. The highest BCUT2D eigenvalue weighted by Gasteiger charge is 2.14. The topological polar surface area (TPSA) is 67.5 Å². The number of pyridine rings is 1. The highest BCUT2D eigenvalue weighted by atomic mass is 35.5. The van der Waals surface area contributed by atoms with E-state index in [1.54, 1.807) is 36.5 Å². The zero-order valence-corrected chi connectivity index (χ0v) is 15.8. The van der Waals surface area contributed by atoms with Gasteiger partial charge in [0.15, 0.2) is 0 Å². The Bertz CT molecular complexity index is 1230. The van der Waals surface area contributed by atoms with Gasteiger partial charge in [0.1, 0.15) is 17.0 Å². The molecule has 2 aromatic heterocycles. The number of hydrogen-bond acceptors (Lipinski definition) is 4. The molecular formula is C22H16ClN3O2. The van der Waals surface area contributed by atoms with E-state index in [1.807, 2.05) is 43.3 Å². The van der Waals surface area contributed by atoms with Gasteiger partial charge in [0.05, 0.1) is 5.69 Å². The van der Waals surface area contributed by atoms with Gasteiger partial charge >= 0.3 is 0 Å². The normalized spacial score (nSPS) is 11.6. The van der Waals surface area contributed by atoms with Crippen molar-refractivity contribution in [1.29, 1.82) is 0 Å². The van der Waals surface area contributed by atoms with Crippen molar-refractivity contribution in [3.05, 3.63) is 94.6 Å². The van der Waals surface area contributed by atoms with Crippen LogP contribution in [0.3, 0.4) is 0 Å². The average Bonchev–Trinajstić information content (AvgIpc) is 2.71. The van der Waals surface area contributed by atoms with Crippen molar-refractivity contribution in [3.8, 4) is 0 Å². The number of fused-ring (bicyclic) bond motifs is 1. The molecule has 0 aliphatic rings. The van der Waals surface area contributed by atoms with Gasteiger partial charge in [-0.25, -0.2) is 9.98 Å². The van der Waals surface area contributed by atoms with E-state index >= 15 is 0 Å². The molecule has 0 spiro atoms. The van der Waals surface area contributed by atoms with E-state index in [1.165, 1.54) is 0 Å². The van der Waals surface area contributed by atoms with Gasteiger partial charge < -0.3 is 9.73 Å². The molecule has 0 radical (unpaired) electrons. The molecule has 0 atom stereocenters. The van der Waals surface area contributed by atoms with Gasteiger partial charge in [-0.3, -0.25) is 4.79 Å². The lowest BCUT2D eigenvalue weighted by molar-refractivity contribution is 0.102. The van der Waals surface area contributed by atoms with E-state index in [-0.39, 0.29) is 11.5 Å². The van der Waals surface area contributed by atoms with Crippen molar-refractivity contribution < 1.29 is 9.21 Å². The average molecular weight is 390 g/mol. The molecule has 2 heterocycles. The van der Waals surface area contributed by atoms with Gasteiger partial charge in [0, 0.05) is 16.6 Å². The SMILES string of the molecule is Cc1c(Cl)cccc1N=c1oc2ccccc2cc1C(=O)Nc1ccccn1. The zero-order valence-electron chi connectivity index (χ0n) is 15.0. The number of amides is 1. The highest BCUT2D eigenvalue weighted by molar-refractivity contribution is 6.31. The third-order valence-electron chi connectivity index (χ3n) is 4.27. The van der Waals surface area contributed by atoms with E-state index in [2.05, 4.69) is 15.3 Å². The number of benzene rings is 2. The molecule has 0 fully saturated rings. The maximum absolute atomic E-state index is 12.9. The quantitative estimate of drug-likeness (QED) is 0.518. The Morgan fingerprint density at radius 2 is 1.89 bits per heavy atom. The van der Waals surface area contributed by atoms with Crippen LogP contribution in [0.25, 0.3) is 11.0 Å². The molecule has 0 bridgehead atoms. The summed E-state index contributed by atoms with van der Waals surface area (Å²) in [5.74, 6) is 0.0946. The summed E-state index contributed by atoms with van der Waals surface area (Å²) < 4.78 is 5.96. The van der Waals surface area contributed by atoms with Gasteiger partial charge in [0.2, 0.25) is 5.55 Å². The monoisotopic (exact) mass is 389 g/mol. The van der Waals surface area contributed by atoms with E-state index in [0.717, 1.165) is 10.9 Å². The molecule has 0 unspecified atom stereocenters. The van der Waals surface area contributed by atoms with E-state index in [9.17, 15) is 4.79 Å². The van der Waals surface area contributed by atoms with Gasteiger partial charge in [-0.2, -0.15) is 0 Å². The molecule has 138 valence electrons. The summed E-state index contributed by atoms with van der Waals surface area (Å²) in [5.41, 5.74) is 2.60. The Balaban J connectivity index is 1.89. The van der Waals surface area contributed by atoms with Crippen molar-refractivity contribution in [2.75, 3.05) is 5.32 Å². The van der Waals surface area contributed by atoms with E-state index in [0.29, 0.717) is 27.7 Å². The lowest BCUT2D eigenvalue weighted by Gasteiger charge is -2.07. The van der Waals surface area contributed by atoms with Crippen LogP contribution in [0.4, 0.5) is 11.5 Å². The number of hydrogen-bond donors (Lipinski definition) is 1. The van der Waals surface area contributed by atoms with Crippen LogP contribution >= 0.6 is 11.6 Å². The second kappa shape index (κ2) is 7.66. The fourth-order valence-corrected chi connectivity index (χ4v) is 2.93. The number of anilines is 1. The number of nitrogens with zero attached hydrogens (tertiary/aromatic N) is 2. The van der Waals surface area contributed by atoms with Crippen molar-refractivity contribution in [2.24, 2.45) is 4.99 Å². The minimum atomic E-state index is -0.355. The van der Waals surface area contributed by atoms with Gasteiger partial charge in [-0.1, -0.05) is 41.9 Å². The van der Waals surface area contributed by atoms with Crippen LogP contribution in [0.2, 0.25) is 5.02 Å². The van der Waals surface area contributed by atoms with Crippen LogP contribution in [0.15, 0.2) is 82.3 Å². The Morgan fingerprint density at radius 3 is 2.71 bits per heavy atom. The summed E-state index contributed by atoms with van der Waals surface area (Å²) in [6, 6.07) is 20.0. The minimum Gasteiger partial charge on any atom is -0.438 e. The number of nitrogens with one attached hydrogen (secondary N) is 1. The first-order chi connectivity index (χ1) is 13.6. The van der Waals surface area contributed by atoms with Crippen molar-refractivity contribution >= 4 is 40.0 Å². The second-order valence-corrected chi connectivity index (χ2v) is 6.58. The van der Waals surface area contributed by atoms with Crippen LogP contribution in [0.5, 0.6) is 0 Å². The maximum atomic E-state index is 12.9. The molecular weight excluding hydrogens is 374 g/mol. The first-order valence-corrected chi connectivity index (χ1v) is 9.05. The van der Waals surface area contributed by atoms with Gasteiger partial charge in [-0.05, 0) is 48.9 Å². The molecule has 28 heavy (non-hydrogen) atoms. The largest absolute Gasteiger partial charge is 0.438 e. The molecule has 4 aromatic rings. The number of carbonyl (C=O) groups excluding carboxylic acids is 1. The lowest BCUT2D eigenvalue weighted by atomic mass is 10.1. The standard InChI is InChI=1S/C22H16ClN3O2/c1-14-17(23)8-6-9-18(14)25-22-16(13-15-7-2-3-10-19(15)28-22)21(27)26-20-11-4-5-12-24-20/h2-13H,1H3,(H,24,26,27). The van der Waals surface area contributed by atoms with Crippen LogP contribution in [0.1, 0.15) is 15.9 Å². The van der Waals surface area contributed by atoms with Crippen LogP contribution in [0, 0.1) is 6.92 Å². The van der Waals surface area contributed by atoms with Crippen molar-refractivity contribution in [2.45, 2.75) is 6.92 Å². The molecule has 5 nitrogen and oxygen atoms in total. The number of aromatic nitrogens is 1. The highest BCUT2D eigenvalue weighted by Crippen LogP contribution is 2.25. The van der Waals surface area contributed by atoms with E-state index in [4.69, 9.17) is 16.0 Å². The molecule has 0 aliphatic carbocycles. The van der Waals surface area contributed by atoms with E-state index < -0.39 is 0 Å². The summed E-state index contributed by atoms with van der Waals surface area (Å²) in [6.07, 6.45) is 1.61. The summed E-state index contributed by atoms with van der Waals surface area (Å²) in [7, 11) is 0. The van der Waals surface area contributed by atoms with Crippen LogP contribution < -0.4 is 10.9 Å². The second-order valence-electron chi connectivity index (χ2n) is 6.17. The molecule has 1 N–H and O–H groups in total. The Kier molecular flexibility index (Phi) is 4.91. The third-order valence-corrected chi connectivity index (χ3v) is 4.68. The predicted molar refractivity (Wildman–Crippen MR) is 110 cm³/mol. The molecule has 0 aliphatic heterocycles. The number of para-hydroxylation sites is 1. The molecule has 1 amide bonds. The first-order valence-electron chi connectivity index (χ1n) is 8.67. The van der Waals surface area contributed by atoms with Gasteiger partial charge in [-0.15, -0.1) is 0 Å². The van der Waals surface area contributed by atoms with Crippen molar-refractivity contribution in [3.63, 3.8) is 0 Å². The Labute approximate surface area is 166 Å². The molecule has 4 rings (SSSR count). The maximum Gasteiger partial charge on any atom is 0.262 e. The minimum absolute atomic E-state index is 0.206. The Hall–Kier alpha value is -3.44. The fourth-order valence-electron chi connectivity index (χ4n) is 2.76. The molecule has 2 aromatic carbocycles. The number of rotatable bonds is 3. The molecule has 0 saturated carbocycles. The van der Waals surface area contributed by atoms with Crippen LogP contribution in [-0.4, -0.2) is 10.9 Å². The lowest BCUT2D eigenvalue weighted by Crippen LogP contribution is -2.22. The summed E-state index contributed by atoms with van der Waals surface area (Å²) >= 11 is 6.21. The summed E-state index contributed by atoms with van der Waals surface area (Å²) in [5, 5.41) is 4.18. The Morgan fingerprint density at radius 1 is 1.07 bits per heavy atom. The molecule has 6 heteroatoms. The summed E-state index contributed by atoms with van der Waals surface area (Å²) in [6.45, 7) is 1.87.